The molecule has 0 atom stereocenters. The zero-order chi connectivity index (χ0) is 15.1. The van der Waals surface area contributed by atoms with E-state index in [2.05, 4.69) is 43.4 Å². The molecule has 0 radical (unpaired) electrons. The van der Waals surface area contributed by atoms with Gasteiger partial charge in [-0.25, -0.2) is 0 Å². The summed E-state index contributed by atoms with van der Waals surface area (Å²) in [4.78, 5) is 12.0. The number of nitrogens with one attached hydrogen (secondary N) is 1. The fraction of sp³-hybridized carbons (Fsp3) is 0.211. The molecule has 2 heteroatoms. The number of carbonyl (C=O) groups excluding carboxylic acids is 1. The van der Waals surface area contributed by atoms with Crippen LogP contribution in [-0.4, -0.2) is 5.78 Å². The molecule has 2 aromatic carbocycles. The van der Waals surface area contributed by atoms with Crippen molar-refractivity contribution in [2.24, 2.45) is 0 Å². The van der Waals surface area contributed by atoms with Gasteiger partial charge in [0, 0.05) is 24.4 Å². The summed E-state index contributed by atoms with van der Waals surface area (Å²) in [7, 11) is 0. The molecular weight excluding hydrogens is 258 g/mol. The van der Waals surface area contributed by atoms with Crippen molar-refractivity contribution in [3.63, 3.8) is 0 Å². The number of benzene rings is 2. The van der Waals surface area contributed by atoms with Crippen molar-refractivity contribution in [1.29, 1.82) is 0 Å². The van der Waals surface area contributed by atoms with E-state index in [4.69, 9.17) is 0 Å². The average Bonchev–Trinajstić information content (AvgIpc) is 2.53. The van der Waals surface area contributed by atoms with Crippen LogP contribution in [0.3, 0.4) is 0 Å². The normalized spacial score (nSPS) is 10.8. The van der Waals surface area contributed by atoms with Gasteiger partial charge in [0.25, 0.3) is 0 Å². The summed E-state index contributed by atoms with van der Waals surface area (Å²) in [6, 6.07) is 16.1. The maximum Gasteiger partial charge on any atom is 0.187 e. The molecule has 0 aliphatic rings. The monoisotopic (exact) mass is 279 g/mol. The number of carbonyl (C=O) groups is 1. The Morgan fingerprint density at radius 1 is 1.00 bits per heavy atom. The lowest BCUT2D eigenvalue weighted by Crippen LogP contribution is -2.06. The fourth-order valence-electron chi connectivity index (χ4n) is 2.02. The van der Waals surface area contributed by atoms with Crippen LogP contribution in [0.15, 0.2) is 60.8 Å². The van der Waals surface area contributed by atoms with E-state index < -0.39 is 0 Å². The van der Waals surface area contributed by atoms with E-state index in [0.29, 0.717) is 0 Å². The smallest absolute Gasteiger partial charge is 0.187 e. The molecule has 0 saturated carbocycles. The second-order valence-corrected chi connectivity index (χ2v) is 5.11. The molecule has 21 heavy (non-hydrogen) atoms. The van der Waals surface area contributed by atoms with Crippen molar-refractivity contribution >= 4 is 5.78 Å². The number of ketones is 1. The molecule has 0 aliphatic heterocycles. The molecule has 2 aromatic rings. The zero-order valence-electron chi connectivity index (χ0n) is 12.6. The van der Waals surface area contributed by atoms with Gasteiger partial charge in [0.15, 0.2) is 5.78 Å². The molecule has 0 aliphatic carbocycles. The Balaban J connectivity index is 1.85. The third-order valence-electron chi connectivity index (χ3n) is 3.43. The van der Waals surface area contributed by atoms with E-state index in [-0.39, 0.29) is 5.78 Å². The summed E-state index contributed by atoms with van der Waals surface area (Å²) < 4.78 is 0. The van der Waals surface area contributed by atoms with Crippen molar-refractivity contribution in [3.8, 4) is 0 Å². The van der Waals surface area contributed by atoms with Crippen LogP contribution in [0.25, 0.3) is 0 Å². The maximum absolute atomic E-state index is 12.0. The molecule has 0 spiro atoms. The first kappa shape index (κ1) is 15.0. The highest BCUT2D eigenvalue weighted by molar-refractivity contribution is 6.04. The second-order valence-electron chi connectivity index (χ2n) is 5.11. The molecule has 0 aromatic heterocycles. The van der Waals surface area contributed by atoms with Gasteiger partial charge in [-0.15, -0.1) is 0 Å². The van der Waals surface area contributed by atoms with Crippen molar-refractivity contribution < 1.29 is 4.79 Å². The standard InChI is InChI=1S/C19H21NO/c1-3-16-8-10-18(11-9-16)19(21)12-13-20-14-17-6-4-15(2)5-7-17/h4-13,20H,3,14H2,1-2H3. The van der Waals surface area contributed by atoms with Crippen molar-refractivity contribution in [1.82, 2.24) is 5.32 Å². The molecule has 0 bridgehead atoms. The Hall–Kier alpha value is -2.35. The molecule has 2 nitrogen and oxygen atoms in total. The highest BCUT2D eigenvalue weighted by atomic mass is 16.1. The van der Waals surface area contributed by atoms with Crippen LogP contribution in [0, 0.1) is 6.92 Å². The largest absolute Gasteiger partial charge is 0.387 e. The first-order valence-electron chi connectivity index (χ1n) is 7.28. The van der Waals surface area contributed by atoms with Crippen LogP contribution in [0.5, 0.6) is 0 Å². The number of aryl methyl sites for hydroxylation is 2. The minimum absolute atomic E-state index is 0.0223. The molecule has 2 rings (SSSR count). The highest BCUT2D eigenvalue weighted by Gasteiger charge is 2.00. The van der Waals surface area contributed by atoms with E-state index in [9.17, 15) is 4.79 Å². The number of hydrogen-bond donors (Lipinski definition) is 1. The summed E-state index contributed by atoms with van der Waals surface area (Å²) in [6.07, 6.45) is 4.29. The molecule has 1 N–H and O–H groups in total. The summed E-state index contributed by atoms with van der Waals surface area (Å²) in [6.45, 7) is 4.89. The zero-order valence-corrected chi connectivity index (χ0v) is 12.6. The Bertz CT molecular complexity index is 609. The van der Waals surface area contributed by atoms with Crippen LogP contribution < -0.4 is 5.32 Å². The SMILES string of the molecule is CCc1ccc(C(=O)C=CNCc2ccc(C)cc2)cc1. The van der Waals surface area contributed by atoms with Crippen LogP contribution in [0.1, 0.15) is 34.0 Å². The van der Waals surface area contributed by atoms with Gasteiger partial charge in [-0.05, 0) is 24.5 Å². The lowest BCUT2D eigenvalue weighted by molar-refractivity contribution is 0.104. The van der Waals surface area contributed by atoms with E-state index in [1.54, 1.807) is 12.3 Å². The van der Waals surface area contributed by atoms with Crippen LogP contribution >= 0.6 is 0 Å². The van der Waals surface area contributed by atoms with Gasteiger partial charge >= 0.3 is 0 Å². The van der Waals surface area contributed by atoms with Crippen molar-refractivity contribution in [2.75, 3.05) is 0 Å². The van der Waals surface area contributed by atoms with Gasteiger partial charge in [0.1, 0.15) is 0 Å². The lowest BCUT2D eigenvalue weighted by Gasteiger charge is -2.02. The predicted molar refractivity (Wildman–Crippen MR) is 87.3 cm³/mol. The lowest BCUT2D eigenvalue weighted by atomic mass is 10.1. The summed E-state index contributed by atoms with van der Waals surface area (Å²) in [5.41, 5.74) is 4.42. The number of hydrogen-bond acceptors (Lipinski definition) is 2. The van der Waals surface area contributed by atoms with Gasteiger partial charge in [-0.3, -0.25) is 4.79 Å². The Labute approximate surface area is 126 Å². The van der Waals surface area contributed by atoms with Crippen LogP contribution in [0.2, 0.25) is 0 Å². The fourth-order valence-corrected chi connectivity index (χ4v) is 2.02. The first-order chi connectivity index (χ1) is 10.2. The minimum Gasteiger partial charge on any atom is -0.387 e. The quantitative estimate of drug-likeness (QED) is 0.638. The van der Waals surface area contributed by atoms with E-state index in [1.165, 1.54) is 16.7 Å². The van der Waals surface area contributed by atoms with Gasteiger partial charge in [-0.2, -0.15) is 0 Å². The third-order valence-corrected chi connectivity index (χ3v) is 3.43. The molecule has 0 amide bonds. The summed E-state index contributed by atoms with van der Waals surface area (Å²) >= 11 is 0. The van der Waals surface area contributed by atoms with Crippen LogP contribution in [0.4, 0.5) is 0 Å². The van der Waals surface area contributed by atoms with Crippen LogP contribution in [-0.2, 0) is 13.0 Å². The van der Waals surface area contributed by atoms with Gasteiger partial charge in [0.2, 0.25) is 0 Å². The van der Waals surface area contributed by atoms with E-state index >= 15 is 0 Å². The summed E-state index contributed by atoms with van der Waals surface area (Å²) in [5, 5.41) is 3.14. The first-order valence-corrected chi connectivity index (χ1v) is 7.28. The van der Waals surface area contributed by atoms with E-state index in [0.717, 1.165) is 18.5 Å². The van der Waals surface area contributed by atoms with Crippen molar-refractivity contribution in [3.05, 3.63) is 83.1 Å². The van der Waals surface area contributed by atoms with Gasteiger partial charge in [-0.1, -0.05) is 61.0 Å². The molecule has 0 fully saturated rings. The highest BCUT2D eigenvalue weighted by Crippen LogP contribution is 2.06. The predicted octanol–water partition coefficient (Wildman–Crippen LogP) is 4.04. The van der Waals surface area contributed by atoms with E-state index in [1.807, 2.05) is 24.3 Å². The minimum atomic E-state index is 0.0223. The average molecular weight is 279 g/mol. The molecule has 0 saturated heterocycles. The number of rotatable bonds is 6. The second kappa shape index (κ2) is 7.44. The topological polar surface area (TPSA) is 29.1 Å². The van der Waals surface area contributed by atoms with Gasteiger partial charge in [0.05, 0.1) is 0 Å². The summed E-state index contributed by atoms with van der Waals surface area (Å²) in [5.74, 6) is 0.0223. The number of allylic oxidation sites excluding steroid dienone is 1. The van der Waals surface area contributed by atoms with Crippen molar-refractivity contribution in [2.45, 2.75) is 26.8 Å². The Kier molecular flexibility index (Phi) is 5.33. The maximum atomic E-state index is 12.0. The molecular formula is C19H21NO. The Morgan fingerprint density at radius 3 is 2.24 bits per heavy atom. The molecule has 108 valence electrons. The molecule has 0 heterocycles. The Morgan fingerprint density at radius 2 is 1.62 bits per heavy atom. The molecule has 0 unspecified atom stereocenters. The third kappa shape index (κ3) is 4.60. The van der Waals surface area contributed by atoms with Gasteiger partial charge < -0.3 is 5.32 Å².